The minimum atomic E-state index is -0.792. The molecule has 1 aliphatic carbocycles. The second-order valence-electron chi connectivity index (χ2n) is 5.89. The first-order valence-electron chi connectivity index (χ1n) is 7.24. The zero-order chi connectivity index (χ0) is 15.3. The highest BCUT2D eigenvalue weighted by Crippen LogP contribution is 2.43. The molecule has 2 N–H and O–H groups in total. The van der Waals surface area contributed by atoms with Crippen LogP contribution in [-0.2, 0) is 9.59 Å². The number of nitrogens with one attached hydrogen (secondary N) is 1. The van der Waals surface area contributed by atoms with Crippen LogP contribution in [0.3, 0.4) is 0 Å². The van der Waals surface area contributed by atoms with Crippen LogP contribution in [0, 0.1) is 12.3 Å². The number of carboxylic acids is 1. The fourth-order valence-corrected chi connectivity index (χ4v) is 2.60. The molecule has 0 atom stereocenters. The Morgan fingerprint density at radius 2 is 1.95 bits per heavy atom. The number of hydrogen-bond acceptors (Lipinski definition) is 2. The van der Waals surface area contributed by atoms with Crippen LogP contribution in [0.15, 0.2) is 30.3 Å². The van der Waals surface area contributed by atoms with E-state index in [4.69, 9.17) is 5.11 Å². The van der Waals surface area contributed by atoms with Crippen molar-refractivity contribution in [3.63, 3.8) is 0 Å². The number of hydrogen-bond donors (Lipinski definition) is 2. The first-order valence-corrected chi connectivity index (χ1v) is 7.24. The van der Waals surface area contributed by atoms with Gasteiger partial charge in [-0.2, -0.15) is 0 Å². The van der Waals surface area contributed by atoms with Gasteiger partial charge in [-0.1, -0.05) is 36.2 Å². The number of carbonyl (C=O) groups is 2. The summed E-state index contributed by atoms with van der Waals surface area (Å²) in [6.45, 7) is 2.46. The lowest BCUT2D eigenvalue weighted by Gasteiger charge is -2.40. The van der Waals surface area contributed by atoms with Crippen LogP contribution in [0.2, 0.25) is 0 Å². The summed E-state index contributed by atoms with van der Waals surface area (Å²) in [6.07, 6.45) is 6.19. The van der Waals surface area contributed by atoms with Gasteiger partial charge >= 0.3 is 5.97 Å². The van der Waals surface area contributed by atoms with E-state index < -0.39 is 5.97 Å². The van der Waals surface area contributed by atoms with Crippen LogP contribution < -0.4 is 5.32 Å². The van der Waals surface area contributed by atoms with Crippen LogP contribution in [0.1, 0.15) is 36.8 Å². The van der Waals surface area contributed by atoms with E-state index in [2.05, 4.69) is 5.32 Å². The van der Waals surface area contributed by atoms with Gasteiger partial charge in [0.25, 0.3) is 0 Å². The van der Waals surface area contributed by atoms with Crippen LogP contribution in [-0.4, -0.2) is 23.5 Å². The molecule has 1 aromatic carbocycles. The summed E-state index contributed by atoms with van der Waals surface area (Å²) in [5.41, 5.74) is 1.91. The average Bonchev–Trinajstić information content (AvgIpc) is 2.40. The molecule has 1 amide bonds. The van der Waals surface area contributed by atoms with Crippen molar-refractivity contribution in [1.29, 1.82) is 0 Å². The molecule has 0 spiro atoms. The van der Waals surface area contributed by atoms with Crippen molar-refractivity contribution in [2.75, 3.05) is 6.54 Å². The minimum absolute atomic E-state index is 0.134. The van der Waals surface area contributed by atoms with Gasteiger partial charge in [0.1, 0.15) is 0 Å². The van der Waals surface area contributed by atoms with Crippen LogP contribution in [0.25, 0.3) is 6.08 Å². The Balaban J connectivity index is 1.84. The van der Waals surface area contributed by atoms with E-state index in [1.807, 2.05) is 31.2 Å². The van der Waals surface area contributed by atoms with Crippen molar-refractivity contribution in [2.45, 2.75) is 32.6 Å². The van der Waals surface area contributed by atoms with Gasteiger partial charge in [0, 0.05) is 12.6 Å². The standard InChI is InChI=1S/C17H21NO3/c1-13-3-5-14(6-4-13)7-8-15(19)18-12-17(9-2-10-17)11-16(20)21/h3-8H,2,9-12H2,1H3,(H,18,19)(H,20,21)/b8-7+. The number of aliphatic carboxylic acids is 1. The molecular formula is C17H21NO3. The fourth-order valence-electron chi connectivity index (χ4n) is 2.60. The molecule has 0 aromatic heterocycles. The summed E-state index contributed by atoms with van der Waals surface area (Å²) in [7, 11) is 0. The van der Waals surface area contributed by atoms with E-state index >= 15 is 0 Å². The third kappa shape index (κ3) is 4.45. The summed E-state index contributed by atoms with van der Waals surface area (Å²) in [6, 6.07) is 7.90. The molecule has 0 bridgehead atoms. The number of aryl methyl sites for hydroxylation is 1. The lowest BCUT2D eigenvalue weighted by atomic mass is 9.66. The number of amides is 1. The molecule has 4 nitrogen and oxygen atoms in total. The van der Waals surface area contributed by atoms with Crippen molar-refractivity contribution in [3.8, 4) is 0 Å². The van der Waals surface area contributed by atoms with Gasteiger partial charge in [0.2, 0.25) is 5.91 Å². The normalized spacial score (nSPS) is 16.4. The number of rotatable bonds is 6. The van der Waals surface area contributed by atoms with E-state index in [-0.39, 0.29) is 17.7 Å². The molecule has 2 rings (SSSR count). The van der Waals surface area contributed by atoms with Gasteiger partial charge in [0.05, 0.1) is 6.42 Å². The maximum Gasteiger partial charge on any atom is 0.303 e. The number of carboxylic acid groups (broad SMARTS) is 1. The zero-order valence-corrected chi connectivity index (χ0v) is 12.3. The molecule has 1 saturated carbocycles. The Morgan fingerprint density at radius 3 is 2.48 bits per heavy atom. The van der Waals surface area contributed by atoms with Gasteiger partial charge in [-0.25, -0.2) is 0 Å². The molecule has 0 aliphatic heterocycles. The van der Waals surface area contributed by atoms with Gasteiger partial charge in [-0.15, -0.1) is 0 Å². The predicted octanol–water partition coefficient (Wildman–Crippen LogP) is 2.77. The summed E-state index contributed by atoms with van der Waals surface area (Å²) in [5, 5.41) is 11.8. The molecule has 1 aromatic rings. The fraction of sp³-hybridized carbons (Fsp3) is 0.412. The average molecular weight is 287 g/mol. The van der Waals surface area contributed by atoms with Crippen LogP contribution in [0.4, 0.5) is 0 Å². The van der Waals surface area contributed by atoms with Crippen LogP contribution in [0.5, 0.6) is 0 Å². The van der Waals surface area contributed by atoms with Gasteiger partial charge in [-0.3, -0.25) is 9.59 Å². The highest BCUT2D eigenvalue weighted by molar-refractivity contribution is 5.91. The Hall–Kier alpha value is -2.10. The highest BCUT2D eigenvalue weighted by Gasteiger charge is 2.38. The van der Waals surface area contributed by atoms with Crippen molar-refractivity contribution >= 4 is 18.0 Å². The molecule has 112 valence electrons. The number of benzene rings is 1. The van der Waals surface area contributed by atoms with Crippen molar-refractivity contribution in [3.05, 3.63) is 41.5 Å². The van der Waals surface area contributed by atoms with Gasteiger partial charge < -0.3 is 10.4 Å². The van der Waals surface area contributed by atoms with Gasteiger partial charge in [-0.05, 0) is 36.8 Å². The molecule has 0 unspecified atom stereocenters. The lowest BCUT2D eigenvalue weighted by molar-refractivity contribution is -0.141. The molecule has 0 saturated heterocycles. The molecule has 21 heavy (non-hydrogen) atoms. The molecule has 1 aliphatic rings. The summed E-state index contributed by atoms with van der Waals surface area (Å²) >= 11 is 0. The van der Waals surface area contributed by atoms with E-state index in [0.29, 0.717) is 6.54 Å². The Morgan fingerprint density at radius 1 is 1.29 bits per heavy atom. The first kappa shape index (κ1) is 15.3. The van der Waals surface area contributed by atoms with Crippen molar-refractivity contribution in [1.82, 2.24) is 5.32 Å². The molecular weight excluding hydrogens is 266 g/mol. The molecule has 0 heterocycles. The monoisotopic (exact) mass is 287 g/mol. The smallest absolute Gasteiger partial charge is 0.303 e. The zero-order valence-electron chi connectivity index (χ0n) is 12.3. The molecule has 4 heteroatoms. The Bertz CT molecular complexity index is 542. The van der Waals surface area contributed by atoms with E-state index in [9.17, 15) is 9.59 Å². The maximum atomic E-state index is 11.8. The highest BCUT2D eigenvalue weighted by atomic mass is 16.4. The largest absolute Gasteiger partial charge is 0.481 e. The summed E-state index contributed by atoms with van der Waals surface area (Å²) < 4.78 is 0. The second kappa shape index (κ2) is 6.57. The van der Waals surface area contributed by atoms with Crippen molar-refractivity contribution < 1.29 is 14.7 Å². The maximum absolute atomic E-state index is 11.8. The predicted molar refractivity (Wildman–Crippen MR) is 81.8 cm³/mol. The van der Waals surface area contributed by atoms with Crippen LogP contribution >= 0.6 is 0 Å². The topological polar surface area (TPSA) is 66.4 Å². The third-order valence-electron chi connectivity index (χ3n) is 4.08. The van der Waals surface area contributed by atoms with Gasteiger partial charge in [0.15, 0.2) is 0 Å². The van der Waals surface area contributed by atoms with E-state index in [0.717, 1.165) is 24.8 Å². The molecule has 1 fully saturated rings. The third-order valence-corrected chi connectivity index (χ3v) is 4.08. The summed E-state index contributed by atoms with van der Waals surface area (Å²) in [4.78, 5) is 22.7. The molecule has 0 radical (unpaired) electrons. The van der Waals surface area contributed by atoms with Crippen molar-refractivity contribution in [2.24, 2.45) is 5.41 Å². The Labute approximate surface area is 124 Å². The number of carbonyl (C=O) groups excluding carboxylic acids is 1. The first-order chi connectivity index (χ1) is 9.99. The second-order valence-corrected chi connectivity index (χ2v) is 5.89. The quantitative estimate of drug-likeness (QED) is 0.791. The Kier molecular flexibility index (Phi) is 4.78. The minimum Gasteiger partial charge on any atom is -0.481 e. The summed E-state index contributed by atoms with van der Waals surface area (Å²) in [5.74, 6) is -0.966. The van der Waals surface area contributed by atoms with E-state index in [1.165, 1.54) is 11.6 Å². The van der Waals surface area contributed by atoms with E-state index in [1.54, 1.807) is 6.08 Å². The lowest BCUT2D eigenvalue weighted by Crippen LogP contribution is -2.43. The SMILES string of the molecule is Cc1ccc(/C=C/C(=O)NCC2(CC(=O)O)CCC2)cc1.